The number of carboxylic acids is 1. The van der Waals surface area contributed by atoms with Crippen LogP contribution >= 0.6 is 0 Å². The average molecular weight is 383 g/mol. The zero-order valence-corrected chi connectivity index (χ0v) is 16.9. The van der Waals surface area contributed by atoms with E-state index in [1.54, 1.807) is 12.2 Å². The molecule has 0 bridgehead atoms. The lowest BCUT2D eigenvalue weighted by molar-refractivity contribution is -0.137. The highest BCUT2D eigenvalue weighted by molar-refractivity contribution is 5.86. The summed E-state index contributed by atoms with van der Waals surface area (Å²) in [7, 11) is 0. The van der Waals surface area contributed by atoms with Gasteiger partial charge in [-0.1, -0.05) is 57.9 Å². The summed E-state index contributed by atoms with van der Waals surface area (Å²) in [5, 5.41) is 19.1. The maximum absolute atomic E-state index is 14.3. The highest BCUT2D eigenvalue weighted by Gasteiger charge is 2.40. The van der Waals surface area contributed by atoms with E-state index in [1.807, 2.05) is 26.0 Å². The van der Waals surface area contributed by atoms with Gasteiger partial charge in [-0.05, 0) is 31.1 Å². The van der Waals surface area contributed by atoms with E-state index in [0.29, 0.717) is 19.3 Å². The largest absolute Gasteiger partial charge is 0.481 e. The van der Waals surface area contributed by atoms with Crippen molar-refractivity contribution >= 4 is 11.8 Å². The van der Waals surface area contributed by atoms with Gasteiger partial charge >= 0.3 is 5.97 Å². The molecule has 1 fully saturated rings. The minimum absolute atomic E-state index is 0.0676. The topological polar surface area (TPSA) is 74.6 Å². The summed E-state index contributed by atoms with van der Waals surface area (Å²) in [4.78, 5) is 22.7. The van der Waals surface area contributed by atoms with E-state index in [9.17, 15) is 19.1 Å². The summed E-state index contributed by atoms with van der Waals surface area (Å²) >= 11 is 0. The van der Waals surface area contributed by atoms with Crippen LogP contribution in [0.4, 0.5) is 4.39 Å². The number of carbonyl (C=O) groups excluding carboxylic acids is 1. The third-order valence-electron chi connectivity index (χ3n) is 5.51. The van der Waals surface area contributed by atoms with Gasteiger partial charge in [-0.3, -0.25) is 9.59 Å². The van der Waals surface area contributed by atoms with Crippen molar-refractivity contribution in [1.82, 2.24) is 0 Å². The lowest BCUT2D eigenvalue weighted by Crippen LogP contribution is -2.28. The van der Waals surface area contributed by atoms with Gasteiger partial charge in [0.1, 0.15) is 12.0 Å². The number of alkyl halides is 1. The van der Waals surface area contributed by atoms with Crippen molar-refractivity contribution in [2.45, 2.75) is 84.4 Å². The molecule has 0 aromatic rings. The fourth-order valence-electron chi connectivity index (χ4n) is 3.50. The Morgan fingerprint density at radius 1 is 1.33 bits per heavy atom. The number of aliphatic hydroxyl groups is 1. The molecule has 0 radical (unpaired) electrons. The fraction of sp³-hybridized carbons (Fsp3) is 0.727. The number of aliphatic hydroxyl groups excluding tert-OH is 1. The van der Waals surface area contributed by atoms with Crippen LogP contribution in [0.3, 0.4) is 0 Å². The normalized spacial score (nSPS) is 24.9. The van der Waals surface area contributed by atoms with E-state index in [-0.39, 0.29) is 24.0 Å². The Balaban J connectivity index is 2.63. The number of allylic oxidation sites excluding steroid dienone is 3. The first-order chi connectivity index (χ1) is 12.7. The first kappa shape index (κ1) is 23.5. The monoisotopic (exact) mass is 382 g/mol. The Labute approximate surface area is 162 Å². The molecule has 1 aliphatic carbocycles. The summed E-state index contributed by atoms with van der Waals surface area (Å²) in [6.07, 6.45) is 9.91. The number of ketones is 1. The average Bonchev–Trinajstić information content (AvgIpc) is 2.86. The molecule has 1 saturated carbocycles. The minimum atomic E-state index is -1.17. The predicted octanol–water partition coefficient (Wildman–Crippen LogP) is 4.86. The number of unbranched alkanes of at least 4 members (excludes halogenated alkanes) is 2. The standard InChI is InChI=1S/C22H35FO4/c1-4-5-14-22(2,3)20(25)13-12-17-16(18(23)15-19(17)24)10-8-6-7-9-11-21(26)27/h6,8,12-13,16-18,20,25H,4-5,7,9-11,14-15H2,1-3H3,(H,26,27)/b8-6-,13-12+/t16-,17-,18-,20-/m1/s1. The lowest BCUT2D eigenvalue weighted by Gasteiger charge is -2.29. The number of carboxylic acid groups (broad SMARTS) is 1. The van der Waals surface area contributed by atoms with Crippen LogP contribution in [-0.2, 0) is 9.59 Å². The van der Waals surface area contributed by atoms with Crippen molar-refractivity contribution < 1.29 is 24.2 Å². The van der Waals surface area contributed by atoms with Gasteiger partial charge in [0, 0.05) is 24.7 Å². The van der Waals surface area contributed by atoms with Gasteiger partial charge in [-0.25, -0.2) is 4.39 Å². The zero-order chi connectivity index (χ0) is 20.4. The van der Waals surface area contributed by atoms with E-state index < -0.39 is 30.1 Å². The summed E-state index contributed by atoms with van der Waals surface area (Å²) in [5.41, 5.74) is -0.275. The van der Waals surface area contributed by atoms with Crippen LogP contribution in [0.5, 0.6) is 0 Å². The fourth-order valence-corrected chi connectivity index (χ4v) is 3.50. The molecular weight excluding hydrogens is 347 g/mol. The van der Waals surface area contributed by atoms with Crippen LogP contribution < -0.4 is 0 Å². The van der Waals surface area contributed by atoms with Crippen molar-refractivity contribution in [3.63, 3.8) is 0 Å². The molecular formula is C22H35FO4. The number of rotatable bonds is 12. The van der Waals surface area contributed by atoms with Crippen LogP contribution in [0.25, 0.3) is 0 Å². The molecule has 0 aromatic heterocycles. The molecule has 2 N–H and O–H groups in total. The van der Waals surface area contributed by atoms with Gasteiger partial charge in [0.25, 0.3) is 0 Å². The van der Waals surface area contributed by atoms with Crippen LogP contribution in [0.15, 0.2) is 24.3 Å². The van der Waals surface area contributed by atoms with Gasteiger partial charge in [0.05, 0.1) is 6.10 Å². The van der Waals surface area contributed by atoms with Crippen molar-refractivity contribution in [2.75, 3.05) is 0 Å². The number of carbonyl (C=O) groups is 2. The van der Waals surface area contributed by atoms with E-state index >= 15 is 0 Å². The SMILES string of the molecule is CCCCC(C)(C)[C@H](O)/C=C/[C@H]1C(=O)C[C@@H](F)[C@@H]1C/C=C\CCCC(=O)O. The molecule has 4 nitrogen and oxygen atoms in total. The summed E-state index contributed by atoms with van der Waals surface area (Å²) in [5.74, 6) is -1.84. The summed E-state index contributed by atoms with van der Waals surface area (Å²) < 4.78 is 14.3. The maximum atomic E-state index is 14.3. The quantitative estimate of drug-likeness (QED) is 0.373. The number of aliphatic carboxylic acids is 1. The highest BCUT2D eigenvalue weighted by atomic mass is 19.1. The second-order valence-electron chi connectivity index (χ2n) is 8.29. The molecule has 0 heterocycles. The van der Waals surface area contributed by atoms with E-state index in [0.717, 1.165) is 19.3 Å². The molecule has 0 aliphatic heterocycles. The second-order valence-corrected chi connectivity index (χ2v) is 8.29. The predicted molar refractivity (Wildman–Crippen MR) is 105 cm³/mol. The van der Waals surface area contributed by atoms with E-state index in [4.69, 9.17) is 5.11 Å². The van der Waals surface area contributed by atoms with Crippen molar-refractivity contribution in [2.24, 2.45) is 17.3 Å². The molecule has 154 valence electrons. The Kier molecular flexibility index (Phi) is 9.92. The Morgan fingerprint density at radius 3 is 2.67 bits per heavy atom. The Hall–Kier alpha value is -1.49. The molecule has 0 saturated heterocycles. The lowest BCUT2D eigenvalue weighted by atomic mass is 9.80. The number of Topliss-reactive ketones (excluding diaryl/α,β-unsaturated/α-hetero) is 1. The first-order valence-corrected chi connectivity index (χ1v) is 10.1. The molecule has 0 unspecified atom stereocenters. The zero-order valence-electron chi connectivity index (χ0n) is 16.9. The molecule has 0 spiro atoms. The molecule has 27 heavy (non-hydrogen) atoms. The third-order valence-corrected chi connectivity index (χ3v) is 5.51. The van der Waals surface area contributed by atoms with Crippen LogP contribution in [0, 0.1) is 17.3 Å². The molecule has 0 amide bonds. The van der Waals surface area contributed by atoms with Crippen LogP contribution in [0.1, 0.15) is 72.1 Å². The van der Waals surface area contributed by atoms with Gasteiger partial charge < -0.3 is 10.2 Å². The number of hydrogen-bond donors (Lipinski definition) is 2. The molecule has 1 aliphatic rings. The maximum Gasteiger partial charge on any atom is 0.303 e. The van der Waals surface area contributed by atoms with Crippen LogP contribution in [-0.4, -0.2) is 34.2 Å². The van der Waals surface area contributed by atoms with Gasteiger partial charge in [0.15, 0.2) is 0 Å². The summed E-state index contributed by atoms with van der Waals surface area (Å²) in [6.45, 7) is 6.11. The van der Waals surface area contributed by atoms with E-state index in [1.165, 1.54) is 0 Å². The molecule has 5 heteroatoms. The smallest absolute Gasteiger partial charge is 0.303 e. The van der Waals surface area contributed by atoms with E-state index in [2.05, 4.69) is 6.92 Å². The van der Waals surface area contributed by atoms with Gasteiger partial charge in [0.2, 0.25) is 0 Å². The second kappa shape index (κ2) is 11.4. The van der Waals surface area contributed by atoms with Crippen LogP contribution in [0.2, 0.25) is 0 Å². The Bertz CT molecular complexity index is 538. The molecule has 4 atom stereocenters. The van der Waals surface area contributed by atoms with Gasteiger partial charge in [-0.15, -0.1) is 0 Å². The third kappa shape index (κ3) is 7.96. The van der Waals surface area contributed by atoms with Crippen molar-refractivity contribution in [1.29, 1.82) is 0 Å². The van der Waals surface area contributed by atoms with Crippen molar-refractivity contribution in [3.8, 4) is 0 Å². The molecule has 0 aromatic carbocycles. The minimum Gasteiger partial charge on any atom is -0.481 e. The van der Waals surface area contributed by atoms with Crippen molar-refractivity contribution in [3.05, 3.63) is 24.3 Å². The number of halogens is 1. The first-order valence-electron chi connectivity index (χ1n) is 10.1. The summed E-state index contributed by atoms with van der Waals surface area (Å²) in [6, 6.07) is 0. The Morgan fingerprint density at radius 2 is 2.04 bits per heavy atom. The number of hydrogen-bond acceptors (Lipinski definition) is 3. The molecule has 1 rings (SSSR count). The highest BCUT2D eigenvalue weighted by Crippen LogP contribution is 2.36. The van der Waals surface area contributed by atoms with Gasteiger partial charge in [-0.2, -0.15) is 0 Å².